The van der Waals surface area contributed by atoms with Crippen LogP contribution >= 0.6 is 11.6 Å². The smallest absolute Gasteiger partial charge is 0.418 e. The van der Waals surface area contributed by atoms with Gasteiger partial charge in [-0.3, -0.25) is 0 Å². The van der Waals surface area contributed by atoms with E-state index in [1.165, 1.54) is 4.90 Å². The number of halogens is 4. The molecule has 0 fully saturated rings. The number of rotatable bonds is 3. The Labute approximate surface area is 112 Å². The minimum atomic E-state index is -4.67. The van der Waals surface area contributed by atoms with Crippen molar-refractivity contribution < 1.29 is 23.1 Å². The van der Waals surface area contributed by atoms with Crippen LogP contribution in [0.4, 0.5) is 18.9 Å². The van der Waals surface area contributed by atoms with E-state index in [0.29, 0.717) is 6.07 Å². The Balaban J connectivity index is 3.51. The zero-order valence-corrected chi connectivity index (χ0v) is 10.7. The fraction of sp³-hybridized carbons (Fsp3) is 0.273. The van der Waals surface area contributed by atoms with Crippen molar-refractivity contribution in [3.05, 3.63) is 28.3 Å². The molecule has 0 amide bonds. The molecule has 0 heterocycles. The molecule has 0 atom stereocenters. The lowest BCUT2D eigenvalue weighted by molar-refractivity contribution is -0.137. The van der Waals surface area contributed by atoms with Crippen LogP contribution in [0.3, 0.4) is 0 Å². The van der Waals surface area contributed by atoms with Gasteiger partial charge in [0.2, 0.25) is 0 Å². The lowest BCUT2D eigenvalue weighted by Crippen LogP contribution is -2.10. The molecule has 0 aliphatic heterocycles. The molecule has 0 saturated heterocycles. The monoisotopic (exact) mass is 294 g/mol. The summed E-state index contributed by atoms with van der Waals surface area (Å²) < 4.78 is 38.4. The topological polar surface area (TPSA) is 52.9 Å². The molecule has 0 radical (unpaired) electrons. The van der Waals surface area contributed by atoms with Crippen molar-refractivity contribution in [3.8, 4) is 0 Å². The molecule has 1 aromatic carbocycles. The normalized spacial score (nSPS) is 11.9. The fourth-order valence-electron chi connectivity index (χ4n) is 1.26. The van der Waals surface area contributed by atoms with Crippen molar-refractivity contribution in [2.24, 2.45) is 4.99 Å². The highest BCUT2D eigenvalue weighted by Gasteiger charge is 2.35. The van der Waals surface area contributed by atoms with Crippen LogP contribution < -0.4 is 0 Å². The standard InChI is InChI=1S/C11H10ClF3N2O2/c1-17(2)5-16-9-7(11(13,14)15)4-3-6(8(9)12)10(18)19/h3-5H,1-2H3,(H,18,19)/b16-5+. The average Bonchev–Trinajstić information content (AvgIpc) is 2.24. The molecule has 0 unspecified atom stereocenters. The minimum Gasteiger partial charge on any atom is -0.478 e. The summed E-state index contributed by atoms with van der Waals surface area (Å²) in [7, 11) is 3.12. The molecule has 0 bridgehead atoms. The Morgan fingerprint density at radius 1 is 1.42 bits per heavy atom. The van der Waals surface area contributed by atoms with Gasteiger partial charge in [-0.25, -0.2) is 9.79 Å². The predicted molar refractivity (Wildman–Crippen MR) is 65.3 cm³/mol. The summed E-state index contributed by atoms with van der Waals surface area (Å²) in [4.78, 5) is 15.9. The maximum Gasteiger partial charge on any atom is 0.418 e. The third-order valence-corrected chi connectivity index (χ3v) is 2.45. The number of carbonyl (C=O) groups is 1. The van der Waals surface area contributed by atoms with Crippen LogP contribution in [-0.4, -0.2) is 36.4 Å². The van der Waals surface area contributed by atoms with Crippen molar-refractivity contribution in [1.29, 1.82) is 0 Å². The lowest BCUT2D eigenvalue weighted by atomic mass is 10.1. The molecular weight excluding hydrogens is 285 g/mol. The Bertz CT molecular complexity index is 527. The Kier molecular flexibility index (Phi) is 4.41. The van der Waals surface area contributed by atoms with E-state index in [9.17, 15) is 18.0 Å². The molecule has 8 heteroatoms. The molecule has 1 N–H and O–H groups in total. The van der Waals surface area contributed by atoms with Crippen LogP contribution in [0, 0.1) is 0 Å². The summed E-state index contributed by atoms with van der Waals surface area (Å²) in [5, 5.41) is 8.29. The maximum absolute atomic E-state index is 12.8. The van der Waals surface area contributed by atoms with Crippen LogP contribution in [0.25, 0.3) is 0 Å². The van der Waals surface area contributed by atoms with Gasteiger partial charge in [-0.1, -0.05) is 11.6 Å². The molecular formula is C11H10ClF3N2O2. The van der Waals surface area contributed by atoms with Crippen LogP contribution in [0.15, 0.2) is 17.1 Å². The first kappa shape index (κ1) is 15.3. The number of aromatic carboxylic acids is 1. The van der Waals surface area contributed by atoms with E-state index in [1.807, 2.05) is 0 Å². The second kappa shape index (κ2) is 5.48. The summed E-state index contributed by atoms with van der Waals surface area (Å²) in [6, 6.07) is 1.46. The Hall–Kier alpha value is -1.76. The SMILES string of the molecule is CN(C)/C=N/c1c(C(F)(F)F)ccc(C(=O)O)c1Cl. The first-order chi connectivity index (χ1) is 8.64. The Morgan fingerprint density at radius 3 is 2.42 bits per heavy atom. The Morgan fingerprint density at radius 2 is 2.00 bits per heavy atom. The van der Waals surface area contributed by atoms with E-state index in [4.69, 9.17) is 16.7 Å². The number of hydrogen-bond donors (Lipinski definition) is 1. The largest absolute Gasteiger partial charge is 0.478 e. The van der Waals surface area contributed by atoms with Gasteiger partial charge in [0.05, 0.1) is 28.2 Å². The van der Waals surface area contributed by atoms with E-state index in [2.05, 4.69) is 4.99 Å². The van der Waals surface area contributed by atoms with Crippen molar-refractivity contribution >= 4 is 29.6 Å². The highest BCUT2D eigenvalue weighted by Crippen LogP contribution is 2.41. The third-order valence-electron chi connectivity index (χ3n) is 2.07. The maximum atomic E-state index is 12.8. The van der Waals surface area contributed by atoms with Crippen LogP contribution in [0.1, 0.15) is 15.9 Å². The average molecular weight is 295 g/mol. The van der Waals surface area contributed by atoms with Gasteiger partial charge in [0.25, 0.3) is 0 Å². The van der Waals surface area contributed by atoms with Gasteiger partial charge in [-0.15, -0.1) is 0 Å². The zero-order valence-electron chi connectivity index (χ0n) is 9.99. The van der Waals surface area contributed by atoms with Crippen LogP contribution in [-0.2, 0) is 6.18 Å². The van der Waals surface area contributed by atoms with Gasteiger partial charge >= 0.3 is 12.1 Å². The molecule has 0 aromatic heterocycles. The highest BCUT2D eigenvalue weighted by atomic mass is 35.5. The van der Waals surface area contributed by atoms with E-state index in [1.54, 1.807) is 14.1 Å². The van der Waals surface area contributed by atoms with Gasteiger partial charge < -0.3 is 10.0 Å². The molecule has 19 heavy (non-hydrogen) atoms. The lowest BCUT2D eigenvalue weighted by Gasteiger charge is -2.13. The number of carboxylic acid groups (broad SMARTS) is 1. The summed E-state index contributed by atoms with van der Waals surface area (Å²) in [6.45, 7) is 0. The number of aliphatic imine (C=N–C) groups is 1. The van der Waals surface area contributed by atoms with Crippen molar-refractivity contribution in [2.45, 2.75) is 6.18 Å². The van der Waals surface area contributed by atoms with E-state index >= 15 is 0 Å². The molecule has 1 rings (SSSR count). The molecule has 0 aliphatic carbocycles. The summed E-state index contributed by atoms with van der Waals surface area (Å²) in [6.07, 6.45) is -3.55. The number of carboxylic acids is 1. The zero-order chi connectivity index (χ0) is 14.8. The van der Waals surface area contributed by atoms with E-state index in [0.717, 1.165) is 12.4 Å². The highest BCUT2D eigenvalue weighted by molar-refractivity contribution is 6.36. The van der Waals surface area contributed by atoms with Gasteiger partial charge in [0, 0.05) is 14.1 Å². The van der Waals surface area contributed by atoms with E-state index < -0.39 is 34.0 Å². The molecule has 0 aliphatic rings. The first-order valence-corrected chi connectivity index (χ1v) is 5.36. The van der Waals surface area contributed by atoms with Gasteiger partial charge in [-0.05, 0) is 12.1 Å². The number of nitrogens with zero attached hydrogens (tertiary/aromatic N) is 2. The number of alkyl halides is 3. The van der Waals surface area contributed by atoms with Crippen LogP contribution in [0.5, 0.6) is 0 Å². The quantitative estimate of drug-likeness (QED) is 0.687. The molecule has 0 spiro atoms. The second-order valence-electron chi connectivity index (χ2n) is 3.83. The molecule has 1 aromatic rings. The number of hydrogen-bond acceptors (Lipinski definition) is 2. The van der Waals surface area contributed by atoms with Crippen molar-refractivity contribution in [1.82, 2.24) is 4.90 Å². The fourth-order valence-corrected chi connectivity index (χ4v) is 1.55. The van der Waals surface area contributed by atoms with Crippen molar-refractivity contribution in [2.75, 3.05) is 14.1 Å². The van der Waals surface area contributed by atoms with Gasteiger partial charge in [0.1, 0.15) is 0 Å². The third kappa shape index (κ3) is 3.60. The minimum absolute atomic E-state index is 0.430. The van der Waals surface area contributed by atoms with Crippen LogP contribution in [0.2, 0.25) is 5.02 Å². The summed E-state index contributed by atoms with van der Waals surface area (Å²) in [5.41, 5.74) is -2.12. The van der Waals surface area contributed by atoms with Gasteiger partial charge in [0.15, 0.2) is 0 Å². The molecule has 0 saturated carbocycles. The second-order valence-corrected chi connectivity index (χ2v) is 4.21. The molecule has 4 nitrogen and oxygen atoms in total. The number of benzene rings is 1. The summed E-state index contributed by atoms with van der Waals surface area (Å²) >= 11 is 5.69. The summed E-state index contributed by atoms with van der Waals surface area (Å²) in [5.74, 6) is -1.42. The van der Waals surface area contributed by atoms with Gasteiger partial charge in [-0.2, -0.15) is 13.2 Å². The van der Waals surface area contributed by atoms with E-state index in [-0.39, 0.29) is 0 Å². The predicted octanol–water partition coefficient (Wildman–Crippen LogP) is 3.28. The van der Waals surface area contributed by atoms with Crippen molar-refractivity contribution in [3.63, 3.8) is 0 Å². The molecule has 104 valence electrons. The first-order valence-electron chi connectivity index (χ1n) is 4.98.